The number of hydrogen-bond acceptors (Lipinski definition) is 3. The standard InChI is InChI=1S/C16H20N2O3.C7H8.C2H6/c1-10-9-18-13(15(21)17-8-14(18)20)7-16(10,2)11-4-3-5-12(19)6-11;1-7-5-3-2-4-6-7;1-2/h3-6,10,13,19H,7-9H2,1-2H3,(H,17,21);2-6H,1H3;1-2H3/t10-,13+,16+;;/m0../s1. The number of phenolic OH excluding ortho intramolecular Hbond substituents is 1. The minimum Gasteiger partial charge on any atom is -0.508 e. The van der Waals surface area contributed by atoms with Gasteiger partial charge in [0.2, 0.25) is 11.8 Å². The summed E-state index contributed by atoms with van der Waals surface area (Å²) in [4.78, 5) is 25.8. The smallest absolute Gasteiger partial charge is 0.243 e. The Morgan fingerprint density at radius 1 is 1.07 bits per heavy atom. The van der Waals surface area contributed by atoms with Crippen LogP contribution in [0.15, 0.2) is 54.6 Å². The number of fused-ring (bicyclic) bond motifs is 1. The molecule has 3 atom stereocenters. The van der Waals surface area contributed by atoms with Crippen LogP contribution in [0, 0.1) is 12.8 Å². The molecule has 2 fully saturated rings. The summed E-state index contributed by atoms with van der Waals surface area (Å²) in [5, 5.41) is 12.4. The Hall–Kier alpha value is -2.82. The van der Waals surface area contributed by atoms with E-state index in [1.54, 1.807) is 17.0 Å². The van der Waals surface area contributed by atoms with Gasteiger partial charge >= 0.3 is 0 Å². The topological polar surface area (TPSA) is 69.6 Å². The van der Waals surface area contributed by atoms with Crippen LogP contribution in [0.3, 0.4) is 0 Å². The molecule has 5 heteroatoms. The third-order valence-electron chi connectivity index (χ3n) is 6.03. The van der Waals surface area contributed by atoms with E-state index in [-0.39, 0.29) is 35.4 Å². The first kappa shape index (κ1) is 23.5. The zero-order valence-electron chi connectivity index (χ0n) is 18.7. The Morgan fingerprint density at radius 2 is 1.73 bits per heavy atom. The molecule has 2 aromatic carbocycles. The van der Waals surface area contributed by atoms with Gasteiger partial charge in [0.25, 0.3) is 0 Å². The van der Waals surface area contributed by atoms with Crippen molar-refractivity contribution in [3.63, 3.8) is 0 Å². The summed E-state index contributed by atoms with van der Waals surface area (Å²) in [5.74, 6) is 0.357. The lowest BCUT2D eigenvalue weighted by molar-refractivity contribution is -0.150. The number of nitrogens with zero attached hydrogens (tertiary/aromatic N) is 1. The largest absolute Gasteiger partial charge is 0.508 e. The van der Waals surface area contributed by atoms with Crippen LogP contribution in [0.25, 0.3) is 0 Å². The van der Waals surface area contributed by atoms with E-state index >= 15 is 0 Å². The molecule has 162 valence electrons. The van der Waals surface area contributed by atoms with Crippen molar-refractivity contribution in [3.05, 3.63) is 65.7 Å². The highest BCUT2D eigenvalue weighted by atomic mass is 16.3. The van der Waals surface area contributed by atoms with Crippen molar-refractivity contribution in [2.75, 3.05) is 13.1 Å². The van der Waals surface area contributed by atoms with Crippen LogP contribution in [0.5, 0.6) is 5.75 Å². The second-order valence-electron chi connectivity index (χ2n) is 8.01. The van der Waals surface area contributed by atoms with Crippen molar-refractivity contribution >= 4 is 11.8 Å². The van der Waals surface area contributed by atoms with Crippen LogP contribution in [0.2, 0.25) is 0 Å². The highest BCUT2D eigenvalue weighted by Gasteiger charge is 2.48. The molecule has 0 unspecified atom stereocenters. The first-order valence-corrected chi connectivity index (χ1v) is 10.7. The van der Waals surface area contributed by atoms with Crippen molar-refractivity contribution in [3.8, 4) is 5.75 Å². The van der Waals surface area contributed by atoms with Gasteiger partial charge in [0.15, 0.2) is 0 Å². The predicted octanol–water partition coefficient (Wildman–Crippen LogP) is 4.04. The van der Waals surface area contributed by atoms with Gasteiger partial charge in [0.1, 0.15) is 11.8 Å². The molecule has 2 aliphatic rings. The number of carbonyl (C=O) groups excluding carboxylic acids is 2. The number of nitrogens with one attached hydrogen (secondary N) is 1. The van der Waals surface area contributed by atoms with Crippen molar-refractivity contribution in [2.24, 2.45) is 5.92 Å². The molecule has 5 nitrogen and oxygen atoms in total. The summed E-state index contributed by atoms with van der Waals surface area (Å²) in [5.41, 5.74) is 2.09. The molecule has 2 aromatic rings. The third-order valence-corrected chi connectivity index (χ3v) is 6.03. The van der Waals surface area contributed by atoms with Gasteiger partial charge < -0.3 is 15.3 Å². The van der Waals surface area contributed by atoms with E-state index in [9.17, 15) is 14.7 Å². The number of hydrogen-bond donors (Lipinski definition) is 2. The number of rotatable bonds is 1. The second-order valence-corrected chi connectivity index (χ2v) is 8.01. The Bertz CT molecular complexity index is 852. The van der Waals surface area contributed by atoms with E-state index in [1.807, 2.05) is 44.2 Å². The van der Waals surface area contributed by atoms with Gasteiger partial charge in [-0.15, -0.1) is 0 Å². The molecule has 2 N–H and O–H groups in total. The zero-order valence-corrected chi connectivity index (χ0v) is 18.7. The molecule has 0 spiro atoms. The van der Waals surface area contributed by atoms with Gasteiger partial charge in [-0.25, -0.2) is 0 Å². The van der Waals surface area contributed by atoms with E-state index < -0.39 is 6.04 Å². The highest BCUT2D eigenvalue weighted by molar-refractivity contribution is 5.95. The van der Waals surface area contributed by atoms with Gasteiger partial charge in [-0.2, -0.15) is 0 Å². The molecule has 0 bridgehead atoms. The quantitative estimate of drug-likeness (QED) is 0.745. The van der Waals surface area contributed by atoms with Crippen LogP contribution < -0.4 is 5.32 Å². The summed E-state index contributed by atoms with van der Waals surface area (Å²) in [6.45, 7) is 11.0. The lowest BCUT2D eigenvalue weighted by atomic mass is 9.65. The Labute approximate surface area is 180 Å². The minimum atomic E-state index is -0.408. The van der Waals surface area contributed by atoms with Gasteiger partial charge in [-0.05, 0) is 42.4 Å². The molecule has 2 heterocycles. The molecule has 30 heavy (non-hydrogen) atoms. The predicted molar refractivity (Wildman–Crippen MR) is 120 cm³/mol. The fraction of sp³-hybridized carbons (Fsp3) is 0.440. The van der Waals surface area contributed by atoms with Crippen LogP contribution >= 0.6 is 0 Å². The lowest BCUT2D eigenvalue weighted by Gasteiger charge is -2.50. The van der Waals surface area contributed by atoms with Crippen LogP contribution in [-0.4, -0.2) is 41.0 Å². The highest BCUT2D eigenvalue weighted by Crippen LogP contribution is 2.43. The monoisotopic (exact) mass is 410 g/mol. The van der Waals surface area contributed by atoms with Gasteiger partial charge in [-0.1, -0.05) is 75.7 Å². The Morgan fingerprint density at radius 3 is 2.30 bits per heavy atom. The summed E-state index contributed by atoms with van der Waals surface area (Å²) in [7, 11) is 0. The number of aromatic hydroxyl groups is 1. The van der Waals surface area contributed by atoms with Gasteiger partial charge in [-0.3, -0.25) is 9.59 Å². The average molecular weight is 411 g/mol. The lowest BCUT2D eigenvalue weighted by Crippen LogP contribution is -2.65. The number of carbonyl (C=O) groups is 2. The van der Waals surface area contributed by atoms with Crippen LogP contribution in [0.1, 0.15) is 45.2 Å². The Kier molecular flexibility index (Phi) is 8.04. The van der Waals surface area contributed by atoms with E-state index in [1.165, 1.54) is 5.56 Å². The van der Waals surface area contributed by atoms with Crippen molar-refractivity contribution in [2.45, 2.75) is 52.5 Å². The molecule has 2 aliphatic heterocycles. The van der Waals surface area contributed by atoms with Gasteiger partial charge in [0.05, 0.1) is 6.54 Å². The van der Waals surface area contributed by atoms with Crippen LogP contribution in [0.4, 0.5) is 0 Å². The van der Waals surface area contributed by atoms with E-state index in [4.69, 9.17) is 0 Å². The summed E-state index contributed by atoms with van der Waals surface area (Å²) < 4.78 is 0. The fourth-order valence-corrected chi connectivity index (χ4v) is 4.03. The number of amides is 2. The minimum absolute atomic E-state index is 0.00981. The van der Waals surface area contributed by atoms with Crippen molar-refractivity contribution in [1.29, 1.82) is 0 Å². The molecule has 2 amide bonds. The number of phenols is 1. The first-order chi connectivity index (χ1) is 14.3. The molecule has 0 radical (unpaired) electrons. The number of piperidine rings is 1. The van der Waals surface area contributed by atoms with Crippen LogP contribution in [-0.2, 0) is 15.0 Å². The number of aryl methyl sites for hydroxylation is 1. The fourth-order valence-electron chi connectivity index (χ4n) is 4.03. The van der Waals surface area contributed by atoms with Crippen molar-refractivity contribution in [1.82, 2.24) is 10.2 Å². The summed E-state index contributed by atoms with van der Waals surface area (Å²) in [6.07, 6.45) is 0.579. The van der Waals surface area contributed by atoms with Crippen molar-refractivity contribution < 1.29 is 14.7 Å². The first-order valence-electron chi connectivity index (χ1n) is 10.7. The zero-order chi connectivity index (χ0) is 22.3. The molecular weight excluding hydrogens is 376 g/mol. The van der Waals surface area contributed by atoms with E-state index in [0.717, 1.165) is 5.56 Å². The molecule has 0 aliphatic carbocycles. The molecule has 0 aromatic heterocycles. The SMILES string of the molecule is CC.C[C@H]1CN2C(=O)CNC(=O)[C@H]2C[C@@]1(C)c1cccc(O)c1.Cc1ccccc1. The molecular formula is C25H34N2O3. The molecule has 2 saturated heterocycles. The number of benzene rings is 2. The normalized spacial score (nSPS) is 25.0. The van der Waals surface area contributed by atoms with E-state index in [2.05, 4.69) is 38.2 Å². The number of piperazine rings is 1. The van der Waals surface area contributed by atoms with E-state index in [0.29, 0.717) is 13.0 Å². The third kappa shape index (κ3) is 5.21. The molecule has 0 saturated carbocycles. The second kappa shape index (κ2) is 10.3. The summed E-state index contributed by atoms with van der Waals surface area (Å²) >= 11 is 0. The average Bonchev–Trinajstić information content (AvgIpc) is 2.75. The maximum absolute atomic E-state index is 12.1. The Balaban J connectivity index is 0.000000299. The van der Waals surface area contributed by atoms with Gasteiger partial charge in [0, 0.05) is 6.54 Å². The maximum Gasteiger partial charge on any atom is 0.243 e. The molecule has 4 rings (SSSR count). The maximum atomic E-state index is 12.1. The summed E-state index contributed by atoms with van der Waals surface area (Å²) in [6, 6.07) is 17.1.